The van der Waals surface area contributed by atoms with Gasteiger partial charge in [0.2, 0.25) is 11.7 Å². The second kappa shape index (κ2) is 9.90. The molecule has 5 heterocycles. The van der Waals surface area contributed by atoms with Crippen LogP contribution in [0.4, 0.5) is 0 Å². The van der Waals surface area contributed by atoms with Gasteiger partial charge in [-0.2, -0.15) is 0 Å². The van der Waals surface area contributed by atoms with Crippen LogP contribution in [0.25, 0.3) is 17.0 Å². The number of piperazine rings is 1. The first-order valence-corrected chi connectivity index (χ1v) is 12.7. The van der Waals surface area contributed by atoms with E-state index in [9.17, 15) is 4.79 Å². The number of ether oxygens (including phenoxy) is 2. The molecule has 3 aromatic heterocycles. The number of aromatic nitrogens is 4. The highest BCUT2D eigenvalue weighted by molar-refractivity contribution is 6.33. The molecule has 0 spiro atoms. The first-order valence-electron chi connectivity index (χ1n) is 11.9. The zero-order valence-electron chi connectivity index (χ0n) is 20.1. The summed E-state index contributed by atoms with van der Waals surface area (Å²) in [6, 6.07) is 12.6. The molecule has 0 radical (unpaired) electrons. The molecule has 2 bridgehead atoms. The van der Waals surface area contributed by atoms with E-state index in [2.05, 4.69) is 14.9 Å². The molecule has 4 aromatic rings. The van der Waals surface area contributed by atoms with Gasteiger partial charge in [-0.15, -0.1) is 0 Å². The molecule has 190 valence electrons. The second-order valence-electron chi connectivity index (χ2n) is 9.14. The largest absolute Gasteiger partial charge is 0.481 e. The number of pyridine rings is 1. The standard InChI is InChI=1S/C26H24Cl2N6O3/c1-36-22-8-7-20(28)24(30-22)25(35)34-18-11-32(12-19(34)15-37-14-18)13-21-23(16-3-5-17(27)6-4-16)31-26-29-9-2-10-33(21)26/h2-10,18-19H,11-15H2,1H3. The van der Waals surface area contributed by atoms with Crippen LogP contribution in [0.3, 0.4) is 0 Å². The second-order valence-corrected chi connectivity index (χ2v) is 9.98. The van der Waals surface area contributed by atoms with Crippen LogP contribution >= 0.6 is 23.2 Å². The molecule has 2 unspecified atom stereocenters. The van der Waals surface area contributed by atoms with Crippen LogP contribution in [0.5, 0.6) is 5.88 Å². The van der Waals surface area contributed by atoms with E-state index in [1.807, 2.05) is 45.8 Å². The highest BCUT2D eigenvalue weighted by atomic mass is 35.5. The van der Waals surface area contributed by atoms with Crippen LogP contribution in [-0.2, 0) is 11.3 Å². The lowest BCUT2D eigenvalue weighted by molar-refractivity contribution is -0.0818. The molecular formula is C26H24Cl2N6O3. The van der Waals surface area contributed by atoms with Gasteiger partial charge in [0.1, 0.15) is 0 Å². The Hall–Kier alpha value is -3.24. The first-order chi connectivity index (χ1) is 18.0. The highest BCUT2D eigenvalue weighted by Gasteiger charge is 2.42. The van der Waals surface area contributed by atoms with Crippen LogP contribution in [0.15, 0.2) is 54.9 Å². The maximum Gasteiger partial charge on any atom is 0.274 e. The third-order valence-electron chi connectivity index (χ3n) is 6.81. The molecule has 2 aliphatic heterocycles. The number of nitrogens with zero attached hydrogens (tertiary/aromatic N) is 6. The van der Waals surface area contributed by atoms with Crippen molar-refractivity contribution < 1.29 is 14.3 Å². The van der Waals surface area contributed by atoms with E-state index >= 15 is 0 Å². The minimum Gasteiger partial charge on any atom is -0.481 e. The van der Waals surface area contributed by atoms with Gasteiger partial charge < -0.3 is 14.4 Å². The Bertz CT molecular complexity index is 1450. The van der Waals surface area contributed by atoms with Gasteiger partial charge in [0.15, 0.2) is 5.69 Å². The number of amides is 1. The van der Waals surface area contributed by atoms with Gasteiger partial charge in [-0.25, -0.2) is 15.0 Å². The maximum atomic E-state index is 13.6. The Morgan fingerprint density at radius 1 is 1.08 bits per heavy atom. The summed E-state index contributed by atoms with van der Waals surface area (Å²) in [5.41, 5.74) is 3.06. The minimum absolute atomic E-state index is 0.139. The van der Waals surface area contributed by atoms with Crippen molar-refractivity contribution in [1.29, 1.82) is 0 Å². The summed E-state index contributed by atoms with van der Waals surface area (Å²) >= 11 is 12.5. The van der Waals surface area contributed by atoms with Gasteiger partial charge in [0, 0.05) is 48.7 Å². The number of hydrogen-bond acceptors (Lipinski definition) is 7. The molecule has 1 aromatic carbocycles. The molecule has 2 fully saturated rings. The fourth-order valence-electron chi connectivity index (χ4n) is 5.16. The normalized spacial score (nSPS) is 19.8. The Morgan fingerprint density at radius 3 is 2.57 bits per heavy atom. The molecule has 9 nitrogen and oxygen atoms in total. The molecule has 6 rings (SSSR count). The molecule has 2 saturated heterocycles. The van der Waals surface area contributed by atoms with E-state index in [4.69, 9.17) is 37.7 Å². The number of carbonyl (C=O) groups excluding carboxylic acids is 1. The van der Waals surface area contributed by atoms with Gasteiger partial charge >= 0.3 is 0 Å². The average Bonchev–Trinajstić information content (AvgIpc) is 3.27. The van der Waals surface area contributed by atoms with Crippen molar-refractivity contribution in [3.63, 3.8) is 0 Å². The third kappa shape index (κ3) is 4.53. The number of imidazole rings is 1. The average molecular weight is 539 g/mol. The van der Waals surface area contributed by atoms with Crippen LogP contribution in [0, 0.1) is 0 Å². The molecule has 2 aliphatic rings. The van der Waals surface area contributed by atoms with Crippen LogP contribution in [0.2, 0.25) is 10.0 Å². The van der Waals surface area contributed by atoms with Crippen molar-refractivity contribution in [3.05, 3.63) is 76.3 Å². The number of methoxy groups -OCH3 is 1. The lowest BCUT2D eigenvalue weighted by Gasteiger charge is -2.49. The Labute approximate surface area is 223 Å². The van der Waals surface area contributed by atoms with Gasteiger partial charge in [0.05, 0.1) is 48.8 Å². The minimum atomic E-state index is -0.206. The molecule has 37 heavy (non-hydrogen) atoms. The van der Waals surface area contributed by atoms with E-state index in [-0.39, 0.29) is 23.7 Å². The quantitative estimate of drug-likeness (QED) is 0.381. The topological polar surface area (TPSA) is 85.1 Å². The summed E-state index contributed by atoms with van der Waals surface area (Å²) in [5, 5.41) is 0.976. The third-order valence-corrected chi connectivity index (χ3v) is 7.36. The molecule has 2 atom stereocenters. The summed E-state index contributed by atoms with van der Waals surface area (Å²) in [6.45, 7) is 2.80. The Morgan fingerprint density at radius 2 is 1.84 bits per heavy atom. The van der Waals surface area contributed by atoms with Crippen LogP contribution in [0.1, 0.15) is 16.2 Å². The first kappa shape index (κ1) is 24.1. The summed E-state index contributed by atoms with van der Waals surface area (Å²) in [7, 11) is 1.51. The number of hydrogen-bond donors (Lipinski definition) is 0. The van der Waals surface area contributed by atoms with Gasteiger partial charge in [-0.05, 0) is 24.3 Å². The summed E-state index contributed by atoms with van der Waals surface area (Å²) in [4.78, 5) is 31.4. The van der Waals surface area contributed by atoms with Crippen molar-refractivity contribution in [1.82, 2.24) is 29.2 Å². The van der Waals surface area contributed by atoms with Crippen molar-refractivity contribution >= 4 is 34.9 Å². The molecule has 11 heteroatoms. The van der Waals surface area contributed by atoms with Crippen molar-refractivity contribution in [2.24, 2.45) is 0 Å². The predicted molar refractivity (Wildman–Crippen MR) is 139 cm³/mol. The molecule has 0 saturated carbocycles. The van der Waals surface area contributed by atoms with E-state index in [0.717, 1.165) is 17.0 Å². The van der Waals surface area contributed by atoms with Gasteiger partial charge in [-0.3, -0.25) is 14.1 Å². The lowest BCUT2D eigenvalue weighted by Crippen LogP contribution is -2.66. The smallest absolute Gasteiger partial charge is 0.274 e. The molecule has 0 N–H and O–H groups in total. The molecular weight excluding hydrogens is 515 g/mol. The van der Waals surface area contributed by atoms with Crippen molar-refractivity contribution in [3.8, 4) is 17.1 Å². The molecule has 1 amide bonds. The van der Waals surface area contributed by atoms with Crippen molar-refractivity contribution in [2.75, 3.05) is 33.4 Å². The number of carbonyl (C=O) groups is 1. The Kier molecular flexibility index (Phi) is 6.46. The highest BCUT2D eigenvalue weighted by Crippen LogP contribution is 2.30. The zero-order valence-corrected chi connectivity index (χ0v) is 21.6. The van der Waals surface area contributed by atoms with E-state index in [1.54, 1.807) is 18.3 Å². The molecule has 0 aliphatic carbocycles. The predicted octanol–water partition coefficient (Wildman–Crippen LogP) is 3.83. The van der Waals surface area contributed by atoms with Crippen LogP contribution in [-0.4, -0.2) is 80.6 Å². The van der Waals surface area contributed by atoms with Crippen LogP contribution < -0.4 is 4.74 Å². The van der Waals surface area contributed by atoms with Crippen molar-refractivity contribution in [2.45, 2.75) is 18.6 Å². The maximum absolute atomic E-state index is 13.6. The van der Waals surface area contributed by atoms with Gasteiger partial charge in [-0.1, -0.05) is 35.3 Å². The fraction of sp³-hybridized carbons (Fsp3) is 0.308. The van der Waals surface area contributed by atoms with E-state index in [0.29, 0.717) is 54.6 Å². The monoisotopic (exact) mass is 538 g/mol. The Balaban J connectivity index is 1.29. The number of halogens is 2. The summed E-state index contributed by atoms with van der Waals surface area (Å²) in [5.74, 6) is 0.782. The summed E-state index contributed by atoms with van der Waals surface area (Å²) < 4.78 is 13.1. The summed E-state index contributed by atoms with van der Waals surface area (Å²) in [6.07, 6.45) is 3.71. The fourth-order valence-corrected chi connectivity index (χ4v) is 5.47. The lowest BCUT2D eigenvalue weighted by atomic mass is 10.0. The zero-order chi connectivity index (χ0) is 25.5. The van der Waals surface area contributed by atoms with E-state index < -0.39 is 0 Å². The van der Waals surface area contributed by atoms with E-state index in [1.165, 1.54) is 7.11 Å². The SMILES string of the molecule is COc1ccc(Cl)c(C(=O)N2C3COCC2CN(Cc2c(-c4ccc(Cl)cc4)nc4ncccn24)C3)n1. The number of morpholine rings is 1. The van der Waals surface area contributed by atoms with Gasteiger partial charge in [0.25, 0.3) is 5.91 Å². The number of rotatable bonds is 5. The number of benzene rings is 1. The number of fused-ring (bicyclic) bond motifs is 3.